The lowest BCUT2D eigenvalue weighted by molar-refractivity contribution is 0.554. The first-order chi connectivity index (χ1) is 10.1. The molecule has 2 aromatic rings. The minimum absolute atomic E-state index is 0.215. The van der Waals surface area contributed by atoms with Gasteiger partial charge in [-0.3, -0.25) is 0 Å². The highest BCUT2D eigenvalue weighted by molar-refractivity contribution is 7.12. The fourth-order valence-electron chi connectivity index (χ4n) is 2.78. The van der Waals surface area contributed by atoms with Gasteiger partial charge in [0.1, 0.15) is 5.01 Å². The quantitative estimate of drug-likeness (QED) is 0.861. The fourth-order valence-corrected chi connectivity index (χ4v) is 4.08. The van der Waals surface area contributed by atoms with E-state index in [1.54, 1.807) is 0 Å². The summed E-state index contributed by atoms with van der Waals surface area (Å²) < 4.78 is 0. The van der Waals surface area contributed by atoms with Crippen LogP contribution >= 0.6 is 11.3 Å². The molecule has 1 aromatic heterocycles. The van der Waals surface area contributed by atoms with Crippen LogP contribution in [0.1, 0.15) is 47.8 Å². The molecular weight excluding hydrogens is 276 g/mol. The van der Waals surface area contributed by atoms with Crippen LogP contribution < -0.4 is 5.32 Å². The first-order valence-corrected chi connectivity index (χ1v) is 8.66. The van der Waals surface area contributed by atoms with Gasteiger partial charge in [0.2, 0.25) is 0 Å². The van der Waals surface area contributed by atoms with Gasteiger partial charge in [0.05, 0.1) is 5.69 Å². The van der Waals surface area contributed by atoms with Crippen molar-refractivity contribution in [3.63, 3.8) is 0 Å². The van der Waals surface area contributed by atoms with Gasteiger partial charge in [0.25, 0.3) is 0 Å². The summed E-state index contributed by atoms with van der Waals surface area (Å²) in [6.07, 6.45) is 2.48. The van der Waals surface area contributed by atoms with Crippen molar-refractivity contribution in [1.29, 1.82) is 0 Å². The first kappa shape index (κ1) is 14.7. The molecule has 1 fully saturated rings. The molecule has 1 aromatic carbocycles. The number of benzene rings is 1. The summed E-state index contributed by atoms with van der Waals surface area (Å²) in [5, 5.41) is 4.85. The second-order valence-corrected chi connectivity index (χ2v) is 7.58. The maximum absolute atomic E-state index is 4.90. The lowest BCUT2D eigenvalue weighted by atomic mass is 9.97. The van der Waals surface area contributed by atoms with Crippen molar-refractivity contribution in [2.45, 2.75) is 45.6 Å². The summed E-state index contributed by atoms with van der Waals surface area (Å²) in [5.74, 6) is 0.691. The molecule has 3 heteroatoms. The Hall–Kier alpha value is -1.19. The highest BCUT2D eigenvalue weighted by Gasteiger charge is 2.48. The van der Waals surface area contributed by atoms with E-state index in [2.05, 4.69) is 56.4 Å². The fraction of sp³-hybridized carbons (Fsp3) is 0.500. The molecule has 3 rings (SSSR count). The summed E-state index contributed by atoms with van der Waals surface area (Å²) in [4.78, 5) is 6.29. The van der Waals surface area contributed by atoms with Crippen LogP contribution in [-0.4, -0.2) is 11.5 Å². The number of nitrogens with one attached hydrogen (secondary N) is 1. The van der Waals surface area contributed by atoms with Gasteiger partial charge in [-0.25, -0.2) is 4.98 Å². The highest BCUT2D eigenvalue weighted by Crippen LogP contribution is 2.54. The van der Waals surface area contributed by atoms with Crippen LogP contribution in [0.3, 0.4) is 0 Å². The van der Waals surface area contributed by atoms with E-state index in [0.29, 0.717) is 5.92 Å². The van der Waals surface area contributed by atoms with Crippen LogP contribution in [0.5, 0.6) is 0 Å². The number of nitrogens with zero attached hydrogens (tertiary/aromatic N) is 1. The van der Waals surface area contributed by atoms with Crippen molar-refractivity contribution in [1.82, 2.24) is 10.3 Å². The lowest BCUT2D eigenvalue weighted by Crippen LogP contribution is -2.18. The summed E-state index contributed by atoms with van der Waals surface area (Å²) in [5.41, 5.74) is 2.85. The Labute approximate surface area is 131 Å². The molecule has 1 saturated carbocycles. The van der Waals surface area contributed by atoms with Gasteiger partial charge in [-0.2, -0.15) is 0 Å². The molecule has 1 N–H and O–H groups in total. The largest absolute Gasteiger partial charge is 0.312 e. The van der Waals surface area contributed by atoms with E-state index in [9.17, 15) is 0 Å². The molecule has 1 aliphatic carbocycles. The van der Waals surface area contributed by atoms with Gasteiger partial charge in [-0.1, -0.05) is 44.2 Å². The molecule has 0 saturated heterocycles. The van der Waals surface area contributed by atoms with Crippen molar-refractivity contribution < 1.29 is 0 Å². The monoisotopic (exact) mass is 300 g/mol. The third-order valence-electron chi connectivity index (χ3n) is 4.22. The van der Waals surface area contributed by atoms with E-state index in [0.717, 1.165) is 13.1 Å². The van der Waals surface area contributed by atoms with Gasteiger partial charge in [0, 0.05) is 16.8 Å². The van der Waals surface area contributed by atoms with Crippen LogP contribution in [0.2, 0.25) is 0 Å². The van der Waals surface area contributed by atoms with Crippen LogP contribution in [0.25, 0.3) is 0 Å². The van der Waals surface area contributed by atoms with Gasteiger partial charge >= 0.3 is 0 Å². The van der Waals surface area contributed by atoms with Crippen LogP contribution in [0, 0.1) is 12.8 Å². The van der Waals surface area contributed by atoms with E-state index in [4.69, 9.17) is 4.98 Å². The van der Waals surface area contributed by atoms with E-state index < -0.39 is 0 Å². The second-order valence-electron chi connectivity index (χ2n) is 6.50. The van der Waals surface area contributed by atoms with Crippen molar-refractivity contribution in [2.75, 3.05) is 6.54 Å². The Bertz CT molecular complexity index is 597. The zero-order chi connectivity index (χ0) is 14.9. The van der Waals surface area contributed by atoms with E-state index >= 15 is 0 Å². The Morgan fingerprint density at radius 2 is 1.95 bits per heavy atom. The number of hydrogen-bond acceptors (Lipinski definition) is 3. The summed E-state index contributed by atoms with van der Waals surface area (Å²) >= 11 is 1.90. The SMILES string of the molecule is Cc1nc(C2(c3ccccc3)CC2)sc1CNCC(C)C. The Kier molecular flexibility index (Phi) is 4.14. The minimum atomic E-state index is 0.215. The smallest absolute Gasteiger partial charge is 0.104 e. The maximum atomic E-state index is 4.90. The first-order valence-electron chi connectivity index (χ1n) is 7.85. The van der Waals surface area contributed by atoms with Crippen molar-refractivity contribution in [3.8, 4) is 0 Å². The van der Waals surface area contributed by atoms with Gasteiger partial charge in [0.15, 0.2) is 0 Å². The van der Waals surface area contributed by atoms with Crippen molar-refractivity contribution in [2.24, 2.45) is 5.92 Å². The van der Waals surface area contributed by atoms with E-state index in [1.165, 1.54) is 34.0 Å². The molecule has 0 amide bonds. The molecule has 0 spiro atoms. The molecule has 0 bridgehead atoms. The second kappa shape index (κ2) is 5.90. The molecule has 0 unspecified atom stereocenters. The molecule has 0 atom stereocenters. The lowest BCUT2D eigenvalue weighted by Gasteiger charge is -2.12. The number of thiazole rings is 1. The highest BCUT2D eigenvalue weighted by atomic mass is 32.1. The number of rotatable bonds is 6. The summed E-state index contributed by atoms with van der Waals surface area (Å²) in [6, 6.07) is 10.9. The number of aromatic nitrogens is 1. The maximum Gasteiger partial charge on any atom is 0.104 e. The van der Waals surface area contributed by atoms with Gasteiger partial charge in [-0.15, -0.1) is 11.3 Å². The molecule has 0 radical (unpaired) electrons. The van der Waals surface area contributed by atoms with E-state index in [1.807, 2.05) is 11.3 Å². The standard InChI is InChI=1S/C18H24N2S/c1-13(2)11-19-12-16-14(3)20-17(21-16)18(9-10-18)15-7-5-4-6-8-15/h4-8,13,19H,9-12H2,1-3H3. The van der Waals surface area contributed by atoms with Crippen LogP contribution in [0.15, 0.2) is 30.3 Å². The molecule has 21 heavy (non-hydrogen) atoms. The summed E-state index contributed by atoms with van der Waals surface area (Å²) in [7, 11) is 0. The molecule has 2 nitrogen and oxygen atoms in total. The predicted molar refractivity (Wildman–Crippen MR) is 89.9 cm³/mol. The van der Waals surface area contributed by atoms with Crippen molar-refractivity contribution >= 4 is 11.3 Å². The zero-order valence-corrected chi connectivity index (χ0v) is 14.0. The van der Waals surface area contributed by atoms with Crippen LogP contribution in [-0.2, 0) is 12.0 Å². The average molecular weight is 300 g/mol. The number of hydrogen-bond donors (Lipinski definition) is 1. The van der Waals surface area contributed by atoms with Crippen LogP contribution in [0.4, 0.5) is 0 Å². The van der Waals surface area contributed by atoms with Crippen molar-refractivity contribution in [3.05, 3.63) is 51.5 Å². The Morgan fingerprint density at radius 3 is 2.57 bits per heavy atom. The van der Waals surface area contributed by atoms with Gasteiger partial charge in [-0.05, 0) is 37.8 Å². The van der Waals surface area contributed by atoms with E-state index in [-0.39, 0.29) is 5.41 Å². The molecule has 112 valence electrons. The zero-order valence-electron chi connectivity index (χ0n) is 13.1. The molecular formula is C18H24N2S. The molecule has 1 heterocycles. The normalized spacial score (nSPS) is 16.4. The average Bonchev–Trinajstić information content (AvgIpc) is 3.20. The molecule has 0 aliphatic heterocycles. The Balaban J connectivity index is 1.78. The topological polar surface area (TPSA) is 24.9 Å². The van der Waals surface area contributed by atoms with Gasteiger partial charge < -0.3 is 5.32 Å². The third kappa shape index (κ3) is 3.04. The Morgan fingerprint density at radius 1 is 1.24 bits per heavy atom. The predicted octanol–water partition coefficient (Wildman–Crippen LogP) is 4.28. The minimum Gasteiger partial charge on any atom is -0.312 e. The third-order valence-corrected chi connectivity index (χ3v) is 5.58. The number of aryl methyl sites for hydroxylation is 1. The molecule has 1 aliphatic rings. The summed E-state index contributed by atoms with van der Waals surface area (Å²) in [6.45, 7) is 8.65.